The number of thioether (sulfide) groups is 1. The van der Waals surface area contributed by atoms with Crippen molar-refractivity contribution in [2.75, 3.05) is 6.26 Å². The normalized spacial score (nSPS) is 34.7. The van der Waals surface area contributed by atoms with Gasteiger partial charge in [0.05, 0.1) is 6.04 Å². The number of hydrogen-bond acceptors (Lipinski definition) is 4. The maximum atomic E-state index is 12.6. The first-order chi connectivity index (χ1) is 9.72. The van der Waals surface area contributed by atoms with Gasteiger partial charge < -0.3 is 4.90 Å². The lowest BCUT2D eigenvalue weighted by Gasteiger charge is -2.39. The molecule has 0 bridgehead atoms. The van der Waals surface area contributed by atoms with Crippen molar-refractivity contribution in [1.29, 1.82) is 0 Å². The van der Waals surface area contributed by atoms with Gasteiger partial charge in [-0.3, -0.25) is 10.1 Å². The van der Waals surface area contributed by atoms with Crippen LogP contribution in [0.5, 0.6) is 0 Å². The molecule has 2 aliphatic rings. The Bertz CT molecular complexity index is 462. The monoisotopic (exact) mass is 310 g/mol. The summed E-state index contributed by atoms with van der Waals surface area (Å²) in [7, 11) is 0. The highest BCUT2D eigenvalue weighted by molar-refractivity contribution is 7.99. The third-order valence-corrected chi connectivity index (χ3v) is 6.53. The summed E-state index contributed by atoms with van der Waals surface area (Å²) in [5, 5.41) is 6.15. The minimum atomic E-state index is -0.0634. The van der Waals surface area contributed by atoms with Crippen LogP contribution in [0.3, 0.4) is 0 Å². The molecule has 2 heterocycles. The number of nitrogens with zero attached hydrogens (tertiary/aromatic N) is 1. The summed E-state index contributed by atoms with van der Waals surface area (Å²) in [5.41, 5.74) is 0. The maximum absolute atomic E-state index is 12.6. The van der Waals surface area contributed by atoms with Gasteiger partial charge in [0.2, 0.25) is 5.91 Å². The summed E-state index contributed by atoms with van der Waals surface area (Å²) >= 11 is 3.66. The standard InChI is InChI=1S/C15H22N2OS2/c1-10-15(18)17(11-6-3-4-7-12(11)19-2)14(16-10)13-8-5-9-20-13/h5,8-12,14,16H,3-4,6-7H2,1-2H3. The second-order valence-corrected chi connectivity index (χ2v) is 7.73. The molecular formula is C15H22N2OS2. The Kier molecular flexibility index (Phi) is 4.38. The topological polar surface area (TPSA) is 32.3 Å². The fourth-order valence-corrected chi connectivity index (χ4v) is 5.20. The van der Waals surface area contributed by atoms with Gasteiger partial charge in [-0.05, 0) is 37.5 Å². The zero-order valence-corrected chi connectivity index (χ0v) is 13.7. The van der Waals surface area contributed by atoms with Crippen molar-refractivity contribution in [2.24, 2.45) is 0 Å². The van der Waals surface area contributed by atoms with Crippen molar-refractivity contribution < 1.29 is 4.79 Å². The molecule has 1 aliphatic heterocycles. The predicted octanol–water partition coefficient (Wildman–Crippen LogP) is 3.24. The second kappa shape index (κ2) is 6.08. The molecule has 1 aromatic heterocycles. The lowest BCUT2D eigenvalue weighted by atomic mass is 9.93. The molecule has 20 heavy (non-hydrogen) atoms. The van der Waals surface area contributed by atoms with Crippen molar-refractivity contribution in [1.82, 2.24) is 10.2 Å². The van der Waals surface area contributed by atoms with E-state index in [1.165, 1.54) is 24.1 Å². The Morgan fingerprint density at radius 2 is 2.20 bits per heavy atom. The average molecular weight is 310 g/mol. The summed E-state index contributed by atoms with van der Waals surface area (Å²) in [6.07, 6.45) is 7.19. The molecule has 0 spiro atoms. The molecule has 110 valence electrons. The molecule has 3 nitrogen and oxygen atoms in total. The Morgan fingerprint density at radius 1 is 1.40 bits per heavy atom. The van der Waals surface area contributed by atoms with Crippen LogP contribution in [-0.2, 0) is 4.79 Å². The van der Waals surface area contributed by atoms with Crippen LogP contribution in [-0.4, -0.2) is 34.4 Å². The van der Waals surface area contributed by atoms with Crippen molar-refractivity contribution in [3.8, 4) is 0 Å². The zero-order valence-electron chi connectivity index (χ0n) is 12.0. The highest BCUT2D eigenvalue weighted by Gasteiger charge is 2.44. The molecule has 1 N–H and O–H groups in total. The number of nitrogens with one attached hydrogen (secondary N) is 1. The Hall–Kier alpha value is -0.520. The molecule has 3 rings (SSSR count). The van der Waals surface area contributed by atoms with Crippen LogP contribution in [0.1, 0.15) is 43.6 Å². The van der Waals surface area contributed by atoms with E-state index in [4.69, 9.17) is 0 Å². The van der Waals surface area contributed by atoms with Crippen LogP contribution in [0.2, 0.25) is 0 Å². The van der Waals surface area contributed by atoms with E-state index in [1.54, 1.807) is 11.3 Å². The zero-order chi connectivity index (χ0) is 14.1. The summed E-state index contributed by atoms with van der Waals surface area (Å²) < 4.78 is 0. The van der Waals surface area contributed by atoms with Crippen molar-refractivity contribution in [3.63, 3.8) is 0 Å². The first-order valence-corrected chi connectivity index (χ1v) is 9.53. The Morgan fingerprint density at radius 3 is 2.90 bits per heavy atom. The van der Waals surface area contributed by atoms with Crippen LogP contribution in [0.4, 0.5) is 0 Å². The largest absolute Gasteiger partial charge is 0.317 e. The molecule has 1 saturated carbocycles. The van der Waals surface area contributed by atoms with Gasteiger partial charge in [0, 0.05) is 16.2 Å². The van der Waals surface area contributed by atoms with Gasteiger partial charge in [-0.15, -0.1) is 11.3 Å². The number of carbonyl (C=O) groups is 1. The van der Waals surface area contributed by atoms with Crippen molar-refractivity contribution in [2.45, 2.75) is 56.1 Å². The maximum Gasteiger partial charge on any atom is 0.241 e. The summed E-state index contributed by atoms with van der Waals surface area (Å²) in [5.74, 6) is 0.273. The van der Waals surface area contributed by atoms with Crippen molar-refractivity contribution >= 4 is 29.0 Å². The van der Waals surface area contributed by atoms with Crippen LogP contribution < -0.4 is 5.32 Å². The second-order valence-electron chi connectivity index (χ2n) is 5.68. The third-order valence-electron chi connectivity index (χ3n) is 4.45. The highest BCUT2D eigenvalue weighted by atomic mass is 32.2. The SMILES string of the molecule is CSC1CCCCC1N1C(=O)C(C)NC1c1cccs1. The van der Waals surface area contributed by atoms with E-state index in [0.29, 0.717) is 11.3 Å². The summed E-state index contributed by atoms with van der Waals surface area (Å²) in [6, 6.07) is 4.53. The van der Waals surface area contributed by atoms with Gasteiger partial charge in [0.25, 0.3) is 0 Å². The van der Waals surface area contributed by atoms with Crippen molar-refractivity contribution in [3.05, 3.63) is 22.4 Å². The molecule has 1 amide bonds. The van der Waals surface area contributed by atoms with E-state index in [-0.39, 0.29) is 18.1 Å². The molecule has 1 aliphatic carbocycles. The quantitative estimate of drug-likeness (QED) is 0.930. The predicted molar refractivity (Wildman–Crippen MR) is 86.1 cm³/mol. The highest BCUT2D eigenvalue weighted by Crippen LogP contribution is 2.38. The fourth-order valence-electron chi connectivity index (χ4n) is 3.43. The molecule has 1 aromatic rings. The number of rotatable bonds is 3. The fraction of sp³-hybridized carbons (Fsp3) is 0.667. The molecule has 4 unspecified atom stereocenters. The van der Waals surface area contributed by atoms with Crippen LogP contribution in [0, 0.1) is 0 Å². The minimum absolute atomic E-state index is 0.0634. The molecule has 1 saturated heterocycles. The van der Waals surface area contributed by atoms with Gasteiger partial charge >= 0.3 is 0 Å². The summed E-state index contributed by atoms with van der Waals surface area (Å²) in [6.45, 7) is 1.99. The molecule has 2 fully saturated rings. The van der Waals surface area contributed by atoms with Gasteiger partial charge in [0.1, 0.15) is 6.17 Å². The Balaban J connectivity index is 1.89. The molecule has 0 aromatic carbocycles. The van der Waals surface area contributed by atoms with Gasteiger partial charge in [-0.2, -0.15) is 11.8 Å². The minimum Gasteiger partial charge on any atom is -0.317 e. The number of carbonyl (C=O) groups excluding carboxylic acids is 1. The van der Waals surface area contributed by atoms with Crippen LogP contribution in [0.15, 0.2) is 17.5 Å². The van der Waals surface area contributed by atoms with Gasteiger partial charge in [-0.25, -0.2) is 0 Å². The molecule has 0 radical (unpaired) electrons. The first-order valence-electron chi connectivity index (χ1n) is 7.37. The van der Waals surface area contributed by atoms with E-state index in [0.717, 1.165) is 6.42 Å². The van der Waals surface area contributed by atoms with Gasteiger partial charge in [-0.1, -0.05) is 18.9 Å². The van der Waals surface area contributed by atoms with Crippen LogP contribution in [0.25, 0.3) is 0 Å². The number of amides is 1. The lowest BCUT2D eigenvalue weighted by Crippen LogP contribution is -2.47. The van der Waals surface area contributed by atoms with E-state index in [2.05, 4.69) is 34.0 Å². The average Bonchev–Trinajstić information content (AvgIpc) is 3.08. The van der Waals surface area contributed by atoms with E-state index in [1.807, 2.05) is 18.7 Å². The molecule has 4 atom stereocenters. The Labute approximate surface area is 129 Å². The number of thiophene rings is 1. The lowest BCUT2D eigenvalue weighted by molar-refractivity contribution is -0.132. The van der Waals surface area contributed by atoms with Crippen LogP contribution >= 0.6 is 23.1 Å². The van der Waals surface area contributed by atoms with E-state index >= 15 is 0 Å². The first kappa shape index (κ1) is 14.4. The molecular weight excluding hydrogens is 288 g/mol. The van der Waals surface area contributed by atoms with E-state index in [9.17, 15) is 4.79 Å². The van der Waals surface area contributed by atoms with Gasteiger partial charge in [0.15, 0.2) is 0 Å². The molecule has 5 heteroatoms. The summed E-state index contributed by atoms with van der Waals surface area (Å²) in [4.78, 5) is 16.0. The smallest absolute Gasteiger partial charge is 0.241 e. The number of hydrogen-bond donors (Lipinski definition) is 1. The third kappa shape index (κ3) is 2.51. The van der Waals surface area contributed by atoms with E-state index < -0.39 is 0 Å².